The summed E-state index contributed by atoms with van der Waals surface area (Å²) in [6, 6.07) is 7.85. The molecular formula is C20H30N4O. The van der Waals surface area contributed by atoms with Crippen LogP contribution in [-0.4, -0.2) is 34.5 Å². The number of benzene rings is 1. The van der Waals surface area contributed by atoms with Crippen molar-refractivity contribution in [3.05, 3.63) is 30.1 Å². The molecule has 1 aliphatic rings. The van der Waals surface area contributed by atoms with Gasteiger partial charge in [-0.1, -0.05) is 45.2 Å². The average molecular weight is 342 g/mol. The first-order valence-electron chi connectivity index (χ1n) is 9.51. The minimum atomic E-state index is -0.117. The van der Waals surface area contributed by atoms with Gasteiger partial charge in [0.25, 0.3) is 0 Å². The van der Waals surface area contributed by atoms with E-state index in [1.54, 1.807) is 0 Å². The van der Waals surface area contributed by atoms with E-state index in [9.17, 15) is 4.79 Å². The summed E-state index contributed by atoms with van der Waals surface area (Å²) in [4.78, 5) is 22.6. The number of fused-ring (bicyclic) bond motifs is 1. The fraction of sp³-hybridized carbons (Fsp3) is 0.600. The van der Waals surface area contributed by atoms with Crippen molar-refractivity contribution in [1.29, 1.82) is 0 Å². The van der Waals surface area contributed by atoms with Crippen molar-refractivity contribution in [2.75, 3.05) is 13.6 Å². The number of amides is 2. The zero-order valence-electron chi connectivity index (χ0n) is 15.6. The summed E-state index contributed by atoms with van der Waals surface area (Å²) in [5.74, 6) is 1.73. The minimum absolute atomic E-state index is 0.00951. The number of H-pyrrole nitrogens is 1. The molecule has 136 valence electrons. The van der Waals surface area contributed by atoms with Gasteiger partial charge in [0.1, 0.15) is 5.82 Å². The maximum atomic E-state index is 12.7. The van der Waals surface area contributed by atoms with Crippen LogP contribution in [0.15, 0.2) is 24.3 Å². The number of nitrogens with zero attached hydrogens (tertiary/aromatic N) is 2. The molecule has 3 rings (SSSR count). The Balaban J connectivity index is 1.67. The van der Waals surface area contributed by atoms with Crippen LogP contribution in [0.1, 0.15) is 57.8 Å². The van der Waals surface area contributed by atoms with Crippen LogP contribution in [0.2, 0.25) is 0 Å². The molecule has 0 aliphatic heterocycles. The summed E-state index contributed by atoms with van der Waals surface area (Å²) in [5, 5.41) is 3.18. The number of nitrogens with one attached hydrogen (secondary N) is 2. The molecule has 5 nitrogen and oxygen atoms in total. The minimum Gasteiger partial charge on any atom is -0.340 e. The van der Waals surface area contributed by atoms with Crippen molar-refractivity contribution >= 4 is 17.1 Å². The van der Waals surface area contributed by atoms with Gasteiger partial charge in [-0.25, -0.2) is 9.78 Å². The lowest BCUT2D eigenvalue weighted by atomic mass is 9.89. The van der Waals surface area contributed by atoms with Gasteiger partial charge in [0.15, 0.2) is 0 Å². The van der Waals surface area contributed by atoms with Crippen LogP contribution >= 0.6 is 0 Å². The lowest BCUT2D eigenvalue weighted by molar-refractivity contribution is 0.184. The van der Waals surface area contributed by atoms with Crippen LogP contribution in [0.5, 0.6) is 0 Å². The highest BCUT2D eigenvalue weighted by Crippen LogP contribution is 2.25. The molecule has 1 atom stereocenters. The normalized spacial score (nSPS) is 17.0. The Morgan fingerprint density at radius 3 is 2.68 bits per heavy atom. The summed E-state index contributed by atoms with van der Waals surface area (Å²) < 4.78 is 0. The largest absolute Gasteiger partial charge is 0.340 e. The van der Waals surface area contributed by atoms with E-state index < -0.39 is 0 Å². The fourth-order valence-corrected chi connectivity index (χ4v) is 3.75. The van der Waals surface area contributed by atoms with E-state index in [1.807, 2.05) is 36.2 Å². The van der Waals surface area contributed by atoms with Crippen LogP contribution in [0.4, 0.5) is 4.79 Å². The molecule has 1 aromatic heterocycles. The lowest BCUT2D eigenvalue weighted by Crippen LogP contribution is -2.43. The van der Waals surface area contributed by atoms with Gasteiger partial charge in [0, 0.05) is 13.6 Å². The smallest absolute Gasteiger partial charge is 0.317 e. The Kier molecular flexibility index (Phi) is 5.61. The Morgan fingerprint density at radius 1 is 1.28 bits per heavy atom. The molecule has 1 aliphatic carbocycles. The maximum Gasteiger partial charge on any atom is 0.317 e. The first-order valence-corrected chi connectivity index (χ1v) is 9.51. The van der Waals surface area contributed by atoms with Crippen molar-refractivity contribution in [3.63, 3.8) is 0 Å². The van der Waals surface area contributed by atoms with E-state index >= 15 is 0 Å². The predicted octanol–water partition coefficient (Wildman–Crippen LogP) is 4.48. The van der Waals surface area contributed by atoms with Gasteiger partial charge >= 0.3 is 6.03 Å². The molecule has 0 bridgehead atoms. The Bertz CT molecular complexity index is 670. The van der Waals surface area contributed by atoms with Crippen molar-refractivity contribution in [2.24, 2.45) is 11.8 Å². The van der Waals surface area contributed by atoms with Gasteiger partial charge in [-0.3, -0.25) is 0 Å². The van der Waals surface area contributed by atoms with E-state index in [2.05, 4.69) is 29.1 Å². The van der Waals surface area contributed by atoms with Crippen molar-refractivity contribution in [1.82, 2.24) is 20.2 Å². The molecule has 25 heavy (non-hydrogen) atoms. The highest BCUT2D eigenvalue weighted by Gasteiger charge is 2.24. The van der Waals surface area contributed by atoms with Crippen LogP contribution in [-0.2, 0) is 0 Å². The molecule has 0 spiro atoms. The summed E-state index contributed by atoms with van der Waals surface area (Å²) in [5.41, 5.74) is 1.95. The molecule has 5 heteroatoms. The molecule has 1 fully saturated rings. The number of rotatable bonds is 5. The number of aromatic amines is 1. The summed E-state index contributed by atoms with van der Waals surface area (Å²) in [6.45, 7) is 5.06. The van der Waals surface area contributed by atoms with Gasteiger partial charge in [0.05, 0.1) is 17.1 Å². The number of carbonyl (C=O) groups excluding carboxylic acids is 1. The van der Waals surface area contributed by atoms with E-state index in [1.165, 1.54) is 32.1 Å². The zero-order chi connectivity index (χ0) is 17.8. The number of aromatic nitrogens is 2. The van der Waals surface area contributed by atoms with E-state index in [0.717, 1.165) is 23.4 Å². The first kappa shape index (κ1) is 17.8. The SMILES string of the molecule is CC(C)C(NC(=O)N(C)CC1CCCCC1)c1nc2ccccc2[nH]1. The fourth-order valence-electron chi connectivity index (χ4n) is 3.75. The molecule has 2 aromatic rings. The number of carbonyl (C=O) groups is 1. The second-order valence-corrected chi connectivity index (χ2v) is 7.69. The summed E-state index contributed by atoms with van der Waals surface area (Å²) in [7, 11) is 1.90. The molecule has 0 radical (unpaired) electrons. The molecule has 2 amide bonds. The molecule has 0 saturated heterocycles. The van der Waals surface area contributed by atoms with Crippen molar-refractivity contribution in [2.45, 2.75) is 52.0 Å². The third-order valence-electron chi connectivity index (χ3n) is 5.25. The van der Waals surface area contributed by atoms with Crippen LogP contribution in [0.25, 0.3) is 11.0 Å². The number of hydrogen-bond acceptors (Lipinski definition) is 2. The highest BCUT2D eigenvalue weighted by atomic mass is 16.2. The molecule has 1 saturated carbocycles. The number of urea groups is 1. The monoisotopic (exact) mass is 342 g/mol. The van der Waals surface area contributed by atoms with Gasteiger partial charge in [-0.15, -0.1) is 0 Å². The average Bonchev–Trinajstić information content (AvgIpc) is 3.03. The molecule has 1 aromatic carbocycles. The molecule has 1 unspecified atom stereocenters. The van der Waals surface area contributed by atoms with Crippen molar-refractivity contribution < 1.29 is 4.79 Å². The summed E-state index contributed by atoms with van der Waals surface area (Å²) >= 11 is 0. The quantitative estimate of drug-likeness (QED) is 0.841. The van der Waals surface area contributed by atoms with Crippen LogP contribution in [0, 0.1) is 11.8 Å². The topological polar surface area (TPSA) is 61.0 Å². The second-order valence-electron chi connectivity index (χ2n) is 7.69. The number of para-hydroxylation sites is 2. The Morgan fingerprint density at radius 2 is 2.00 bits per heavy atom. The first-order chi connectivity index (χ1) is 12.0. The molecule has 1 heterocycles. The van der Waals surface area contributed by atoms with E-state index in [0.29, 0.717) is 5.92 Å². The predicted molar refractivity (Wildman–Crippen MR) is 101 cm³/mol. The van der Waals surface area contributed by atoms with Crippen LogP contribution < -0.4 is 5.32 Å². The molecule has 2 N–H and O–H groups in total. The lowest BCUT2D eigenvalue weighted by Gasteiger charge is -2.29. The maximum absolute atomic E-state index is 12.7. The number of hydrogen-bond donors (Lipinski definition) is 2. The van der Waals surface area contributed by atoms with Gasteiger partial charge < -0.3 is 15.2 Å². The van der Waals surface area contributed by atoms with Crippen LogP contribution in [0.3, 0.4) is 0 Å². The molecular weight excluding hydrogens is 312 g/mol. The van der Waals surface area contributed by atoms with Gasteiger partial charge in [-0.05, 0) is 36.8 Å². The van der Waals surface area contributed by atoms with Crippen molar-refractivity contribution in [3.8, 4) is 0 Å². The van der Waals surface area contributed by atoms with Gasteiger partial charge in [-0.2, -0.15) is 0 Å². The zero-order valence-corrected chi connectivity index (χ0v) is 15.6. The Hall–Kier alpha value is -2.04. The second kappa shape index (κ2) is 7.89. The summed E-state index contributed by atoms with van der Waals surface area (Å²) in [6.07, 6.45) is 6.43. The standard InChI is InChI=1S/C20H30N4O/c1-14(2)18(19-21-16-11-7-8-12-17(16)22-19)23-20(25)24(3)13-15-9-5-4-6-10-15/h7-8,11-12,14-15,18H,4-6,9-10,13H2,1-3H3,(H,21,22)(H,23,25). The number of imidazole rings is 1. The van der Waals surface area contributed by atoms with E-state index in [-0.39, 0.29) is 18.0 Å². The van der Waals surface area contributed by atoms with Gasteiger partial charge in [0.2, 0.25) is 0 Å². The highest BCUT2D eigenvalue weighted by molar-refractivity contribution is 5.76. The van der Waals surface area contributed by atoms with E-state index in [4.69, 9.17) is 0 Å². The third kappa shape index (κ3) is 4.33. The third-order valence-corrected chi connectivity index (χ3v) is 5.25. The Labute approximate surface area is 150 Å².